The van der Waals surface area contributed by atoms with Crippen LogP contribution in [0.2, 0.25) is 5.02 Å². The molecule has 2 aromatic rings. The Labute approximate surface area is 156 Å². The van der Waals surface area contributed by atoms with Gasteiger partial charge in [0, 0.05) is 5.02 Å². The van der Waals surface area contributed by atoms with Gasteiger partial charge in [0.15, 0.2) is 0 Å². The van der Waals surface area contributed by atoms with Gasteiger partial charge in [0.2, 0.25) is 11.8 Å². The second-order valence-electron chi connectivity index (χ2n) is 7.06. The fourth-order valence-electron chi connectivity index (χ4n) is 4.46. The van der Waals surface area contributed by atoms with E-state index in [2.05, 4.69) is 12.2 Å². The largest absolute Gasteiger partial charge is 0.457 e. The Morgan fingerprint density at radius 1 is 0.808 bits per heavy atom. The van der Waals surface area contributed by atoms with Gasteiger partial charge in [-0.1, -0.05) is 23.8 Å². The lowest BCUT2D eigenvalue weighted by Crippen LogP contribution is -2.32. The summed E-state index contributed by atoms with van der Waals surface area (Å²) < 4.78 is 5.77. The molecule has 5 rings (SSSR count). The summed E-state index contributed by atoms with van der Waals surface area (Å²) in [7, 11) is 0. The fraction of sp³-hybridized carbons (Fsp3) is 0.238. The number of carbonyl (C=O) groups excluding carboxylic acids is 2. The highest BCUT2D eigenvalue weighted by molar-refractivity contribution is 6.30. The van der Waals surface area contributed by atoms with Crippen molar-refractivity contribution in [1.82, 2.24) is 0 Å². The van der Waals surface area contributed by atoms with Crippen LogP contribution in [0.15, 0.2) is 60.7 Å². The summed E-state index contributed by atoms with van der Waals surface area (Å²) in [4.78, 5) is 27.0. The smallest absolute Gasteiger partial charge is 0.238 e. The first-order valence-electron chi connectivity index (χ1n) is 8.71. The van der Waals surface area contributed by atoms with Gasteiger partial charge in [-0.25, -0.2) is 0 Å². The minimum absolute atomic E-state index is 0.0665. The van der Waals surface area contributed by atoms with Gasteiger partial charge in [0.1, 0.15) is 11.5 Å². The van der Waals surface area contributed by atoms with Crippen molar-refractivity contribution in [3.63, 3.8) is 0 Å². The Morgan fingerprint density at radius 2 is 1.31 bits per heavy atom. The van der Waals surface area contributed by atoms with Crippen LogP contribution in [-0.4, -0.2) is 11.8 Å². The Morgan fingerprint density at radius 3 is 1.85 bits per heavy atom. The molecule has 0 radical (unpaired) electrons. The molecule has 5 heteroatoms. The molecule has 2 aliphatic carbocycles. The van der Waals surface area contributed by atoms with E-state index in [1.165, 1.54) is 4.90 Å². The van der Waals surface area contributed by atoms with Gasteiger partial charge in [-0.2, -0.15) is 0 Å². The highest BCUT2D eigenvalue weighted by Crippen LogP contribution is 2.53. The number of anilines is 1. The van der Waals surface area contributed by atoms with Crippen molar-refractivity contribution in [1.29, 1.82) is 0 Å². The molecule has 4 atom stereocenters. The number of hydrogen-bond donors (Lipinski definition) is 0. The Kier molecular flexibility index (Phi) is 3.44. The van der Waals surface area contributed by atoms with Gasteiger partial charge >= 0.3 is 0 Å². The Balaban J connectivity index is 1.37. The zero-order valence-electron chi connectivity index (χ0n) is 13.8. The van der Waals surface area contributed by atoms with Gasteiger partial charge in [-0.15, -0.1) is 0 Å². The van der Waals surface area contributed by atoms with E-state index in [1.54, 1.807) is 48.5 Å². The highest BCUT2D eigenvalue weighted by Gasteiger charge is 2.59. The second kappa shape index (κ2) is 5.71. The normalized spacial score (nSPS) is 28.7. The summed E-state index contributed by atoms with van der Waals surface area (Å²) in [5.74, 6) is 1.26. The third kappa shape index (κ3) is 2.29. The average Bonchev–Trinajstić information content (AvgIpc) is 3.32. The van der Waals surface area contributed by atoms with Crippen molar-refractivity contribution in [3.05, 3.63) is 65.7 Å². The van der Waals surface area contributed by atoms with Crippen LogP contribution in [-0.2, 0) is 9.59 Å². The minimum Gasteiger partial charge on any atom is -0.457 e. The quantitative estimate of drug-likeness (QED) is 0.596. The van der Waals surface area contributed by atoms with Gasteiger partial charge in [-0.05, 0) is 66.8 Å². The molecule has 0 N–H and O–H groups in total. The maximum atomic E-state index is 12.8. The number of nitrogens with zero attached hydrogens (tertiary/aromatic N) is 1. The number of benzene rings is 2. The first-order valence-corrected chi connectivity index (χ1v) is 9.09. The first kappa shape index (κ1) is 15.6. The summed E-state index contributed by atoms with van der Waals surface area (Å²) in [5.41, 5.74) is 0.609. The van der Waals surface area contributed by atoms with Gasteiger partial charge in [0.05, 0.1) is 17.5 Å². The summed E-state index contributed by atoms with van der Waals surface area (Å²) in [6.45, 7) is 0. The van der Waals surface area contributed by atoms with E-state index in [0.717, 1.165) is 6.42 Å². The van der Waals surface area contributed by atoms with Crippen molar-refractivity contribution in [3.8, 4) is 11.5 Å². The lowest BCUT2D eigenvalue weighted by atomic mass is 9.85. The summed E-state index contributed by atoms with van der Waals surface area (Å²) in [6.07, 6.45) is 5.14. The van der Waals surface area contributed by atoms with Crippen LogP contribution < -0.4 is 9.64 Å². The van der Waals surface area contributed by atoms with E-state index in [4.69, 9.17) is 16.3 Å². The predicted molar refractivity (Wildman–Crippen MR) is 98.2 cm³/mol. The van der Waals surface area contributed by atoms with Gasteiger partial charge < -0.3 is 4.74 Å². The standard InChI is InChI=1S/C21H16ClNO3/c22-14-3-7-16(8-4-14)26-17-9-5-15(6-10-17)23-20(24)18-12-1-2-13(11-12)19(18)21(23)25/h1-10,12-13,18-19H,11H2/t12-,13-,18-,19-/m0/s1. The number of allylic oxidation sites excluding steroid dienone is 2. The number of imide groups is 1. The number of carbonyl (C=O) groups is 2. The van der Waals surface area contributed by atoms with Crippen LogP contribution in [0, 0.1) is 23.7 Å². The van der Waals surface area contributed by atoms with Crippen molar-refractivity contribution in [2.24, 2.45) is 23.7 Å². The number of fused-ring (bicyclic) bond motifs is 5. The molecular formula is C21H16ClNO3. The zero-order valence-corrected chi connectivity index (χ0v) is 14.6. The number of rotatable bonds is 3. The fourth-order valence-corrected chi connectivity index (χ4v) is 4.58. The van der Waals surface area contributed by atoms with Crippen LogP contribution in [0.1, 0.15) is 6.42 Å². The molecule has 1 aliphatic heterocycles. The number of ether oxygens (including phenoxy) is 1. The van der Waals surface area contributed by atoms with Crippen LogP contribution in [0.25, 0.3) is 0 Å². The summed E-state index contributed by atoms with van der Waals surface area (Å²) >= 11 is 5.87. The first-order chi connectivity index (χ1) is 12.6. The molecule has 3 aliphatic rings. The van der Waals surface area contributed by atoms with Crippen molar-refractivity contribution in [2.75, 3.05) is 4.90 Å². The maximum Gasteiger partial charge on any atom is 0.238 e. The van der Waals surface area contributed by atoms with E-state index in [1.807, 2.05) is 0 Å². The van der Waals surface area contributed by atoms with Crippen LogP contribution in [0.5, 0.6) is 11.5 Å². The molecule has 4 nitrogen and oxygen atoms in total. The third-order valence-electron chi connectivity index (χ3n) is 5.61. The SMILES string of the molecule is O=C1[C@@H]2[C@@H](C(=O)N1c1ccc(Oc3ccc(Cl)cc3)cc1)[C@H]1C=C[C@H]2C1. The Hall–Kier alpha value is -2.59. The number of halogens is 1. The van der Waals surface area contributed by atoms with E-state index in [0.29, 0.717) is 22.2 Å². The van der Waals surface area contributed by atoms with E-state index < -0.39 is 0 Å². The molecule has 0 unspecified atom stereocenters. The average molecular weight is 366 g/mol. The molecule has 130 valence electrons. The summed E-state index contributed by atoms with van der Waals surface area (Å²) in [5, 5.41) is 0.646. The van der Waals surface area contributed by atoms with Crippen LogP contribution >= 0.6 is 11.6 Å². The van der Waals surface area contributed by atoms with E-state index >= 15 is 0 Å². The van der Waals surface area contributed by atoms with Crippen molar-refractivity contribution in [2.45, 2.75) is 6.42 Å². The zero-order chi connectivity index (χ0) is 17.8. The lowest BCUT2D eigenvalue weighted by molar-refractivity contribution is -0.123. The molecule has 0 spiro atoms. The second-order valence-corrected chi connectivity index (χ2v) is 7.50. The molecular weight excluding hydrogens is 350 g/mol. The molecule has 0 aromatic heterocycles. The molecule has 1 saturated heterocycles. The number of hydrogen-bond acceptors (Lipinski definition) is 3. The van der Waals surface area contributed by atoms with Crippen molar-refractivity contribution >= 4 is 29.1 Å². The molecule has 2 amide bonds. The molecule has 1 heterocycles. The topological polar surface area (TPSA) is 46.6 Å². The Bertz CT molecular complexity index is 889. The number of amides is 2. The van der Waals surface area contributed by atoms with Crippen LogP contribution in [0.3, 0.4) is 0 Å². The maximum absolute atomic E-state index is 12.8. The molecule has 2 bridgehead atoms. The lowest BCUT2D eigenvalue weighted by Gasteiger charge is -2.17. The van der Waals surface area contributed by atoms with Crippen molar-refractivity contribution < 1.29 is 14.3 Å². The van der Waals surface area contributed by atoms with E-state index in [-0.39, 0.29) is 35.5 Å². The predicted octanol–water partition coefficient (Wildman–Crippen LogP) is 4.44. The molecule has 26 heavy (non-hydrogen) atoms. The molecule has 1 saturated carbocycles. The van der Waals surface area contributed by atoms with Gasteiger partial charge in [-0.3, -0.25) is 14.5 Å². The third-order valence-corrected chi connectivity index (χ3v) is 5.87. The molecule has 2 aromatic carbocycles. The van der Waals surface area contributed by atoms with E-state index in [9.17, 15) is 9.59 Å². The van der Waals surface area contributed by atoms with Crippen LogP contribution in [0.4, 0.5) is 5.69 Å². The monoisotopic (exact) mass is 365 g/mol. The van der Waals surface area contributed by atoms with Gasteiger partial charge in [0.25, 0.3) is 0 Å². The molecule has 2 fully saturated rings. The summed E-state index contributed by atoms with van der Waals surface area (Å²) in [6, 6.07) is 14.1. The minimum atomic E-state index is -0.178. The highest BCUT2D eigenvalue weighted by atomic mass is 35.5.